The van der Waals surface area contributed by atoms with Gasteiger partial charge in [-0.3, -0.25) is 9.36 Å². The van der Waals surface area contributed by atoms with Crippen molar-refractivity contribution < 1.29 is 0 Å². The fourth-order valence-corrected chi connectivity index (χ4v) is 2.43. The van der Waals surface area contributed by atoms with Crippen LogP contribution in [0.1, 0.15) is 18.5 Å². The van der Waals surface area contributed by atoms with Crippen LogP contribution in [0.15, 0.2) is 11.1 Å². The Bertz CT molecular complexity index is 440. The van der Waals surface area contributed by atoms with Crippen molar-refractivity contribution in [2.75, 3.05) is 5.75 Å². The van der Waals surface area contributed by atoms with E-state index in [4.69, 9.17) is 0 Å². The lowest BCUT2D eigenvalue weighted by atomic mass is 10.1. The molecule has 1 aromatic rings. The molecule has 1 heterocycles. The predicted molar refractivity (Wildman–Crippen MR) is 71.5 cm³/mol. The highest BCUT2D eigenvalue weighted by atomic mass is 127. The maximum atomic E-state index is 11.9. The molecule has 0 aromatic carbocycles. The molecule has 1 fully saturated rings. The van der Waals surface area contributed by atoms with E-state index in [2.05, 4.69) is 40.2 Å². The molecule has 1 aliphatic carbocycles. The second-order valence-electron chi connectivity index (χ2n) is 4.24. The van der Waals surface area contributed by atoms with E-state index < -0.39 is 0 Å². The Balaban J connectivity index is 2.30. The Morgan fingerprint density at radius 1 is 1.67 bits per heavy atom. The van der Waals surface area contributed by atoms with Gasteiger partial charge in [-0.15, -0.1) is 0 Å². The molecule has 15 heavy (non-hydrogen) atoms. The summed E-state index contributed by atoms with van der Waals surface area (Å²) >= 11 is 6.40. The van der Waals surface area contributed by atoms with Gasteiger partial charge in [0.25, 0.3) is 5.56 Å². The largest absolute Gasteiger partial charge is 0.298 e. The molecule has 1 aromatic heterocycles. The topological polar surface area (TPSA) is 34.9 Å². The Kier molecular flexibility index (Phi) is 3.12. The summed E-state index contributed by atoms with van der Waals surface area (Å²) in [6.07, 6.45) is 4.00. The quantitative estimate of drug-likeness (QED) is 0.676. The number of aromatic nitrogens is 2. The molecule has 5 heteroatoms. The Hall–Kier alpha value is -0.0400. The molecule has 0 bridgehead atoms. The predicted octanol–water partition coefficient (Wildman–Crippen LogP) is 1.87. The number of nitrogens with zero attached hydrogens (tertiary/aromatic N) is 2. The molecule has 1 saturated carbocycles. The lowest BCUT2D eigenvalue weighted by Gasteiger charge is -2.14. The summed E-state index contributed by atoms with van der Waals surface area (Å²) in [5.41, 5.74) is 1.15. The molecule has 0 radical (unpaired) electrons. The summed E-state index contributed by atoms with van der Waals surface area (Å²) < 4.78 is 2.45. The minimum atomic E-state index is 0.0798. The van der Waals surface area contributed by atoms with Crippen LogP contribution in [0.5, 0.6) is 0 Å². The number of hydrogen-bond donors (Lipinski definition) is 1. The van der Waals surface area contributed by atoms with E-state index >= 15 is 0 Å². The van der Waals surface area contributed by atoms with E-state index in [0.29, 0.717) is 0 Å². The van der Waals surface area contributed by atoms with Gasteiger partial charge in [-0.1, -0.05) is 0 Å². The van der Waals surface area contributed by atoms with Gasteiger partial charge in [0.05, 0.1) is 15.6 Å². The van der Waals surface area contributed by atoms with Crippen LogP contribution in [0.2, 0.25) is 0 Å². The van der Waals surface area contributed by atoms with Crippen LogP contribution in [-0.2, 0) is 6.54 Å². The zero-order valence-corrected chi connectivity index (χ0v) is 11.6. The van der Waals surface area contributed by atoms with Gasteiger partial charge in [-0.05, 0) is 53.5 Å². The molecular weight excluding hydrogens is 323 g/mol. The third-order valence-corrected chi connectivity index (χ3v) is 4.87. The summed E-state index contributed by atoms with van der Waals surface area (Å²) in [6, 6.07) is 0. The number of thiol groups is 1. The van der Waals surface area contributed by atoms with Crippen molar-refractivity contribution >= 4 is 35.2 Å². The van der Waals surface area contributed by atoms with Crippen LogP contribution in [0.25, 0.3) is 0 Å². The zero-order chi connectivity index (χ0) is 11.1. The average Bonchev–Trinajstić information content (AvgIpc) is 3.00. The number of halogens is 1. The number of aryl methyl sites for hydroxylation is 1. The summed E-state index contributed by atoms with van der Waals surface area (Å²) in [6.45, 7) is 2.62. The van der Waals surface area contributed by atoms with E-state index in [1.807, 2.05) is 6.92 Å². The first-order chi connectivity index (χ1) is 7.08. The summed E-state index contributed by atoms with van der Waals surface area (Å²) in [7, 11) is 0. The molecule has 82 valence electrons. The van der Waals surface area contributed by atoms with Gasteiger partial charge < -0.3 is 0 Å². The van der Waals surface area contributed by atoms with E-state index in [9.17, 15) is 4.79 Å². The molecule has 0 amide bonds. The lowest BCUT2D eigenvalue weighted by molar-refractivity contribution is 0.457. The van der Waals surface area contributed by atoms with Gasteiger partial charge in [0.15, 0.2) is 0 Å². The first kappa shape index (κ1) is 11.4. The molecule has 0 spiro atoms. The van der Waals surface area contributed by atoms with Gasteiger partial charge in [0, 0.05) is 6.54 Å². The minimum absolute atomic E-state index is 0.0798. The fraction of sp³-hybridized carbons (Fsp3) is 0.600. The molecule has 2 rings (SSSR count). The highest BCUT2D eigenvalue weighted by Crippen LogP contribution is 2.47. The second-order valence-corrected chi connectivity index (χ2v) is 5.63. The molecule has 0 N–H and O–H groups in total. The van der Waals surface area contributed by atoms with Crippen LogP contribution in [0.3, 0.4) is 0 Å². The standard InChI is InChI=1S/C10H13IN2OS/c1-7-8(11)9(14)13(6-12-7)4-10(5-15)2-3-10/h6,15H,2-5H2,1H3. The molecular formula is C10H13IN2OS. The van der Waals surface area contributed by atoms with Crippen molar-refractivity contribution in [2.45, 2.75) is 26.3 Å². The highest BCUT2D eigenvalue weighted by Gasteiger charge is 2.41. The summed E-state index contributed by atoms with van der Waals surface area (Å²) in [5.74, 6) is 0.851. The third-order valence-electron chi connectivity index (χ3n) is 2.96. The van der Waals surface area contributed by atoms with E-state index in [1.165, 1.54) is 12.8 Å². The number of hydrogen-bond acceptors (Lipinski definition) is 3. The maximum absolute atomic E-state index is 11.9. The van der Waals surface area contributed by atoms with E-state index in [0.717, 1.165) is 21.6 Å². The first-order valence-electron chi connectivity index (χ1n) is 4.90. The van der Waals surface area contributed by atoms with Crippen LogP contribution in [0, 0.1) is 15.9 Å². The monoisotopic (exact) mass is 336 g/mol. The molecule has 0 atom stereocenters. The van der Waals surface area contributed by atoms with Gasteiger partial charge in [-0.2, -0.15) is 12.6 Å². The highest BCUT2D eigenvalue weighted by molar-refractivity contribution is 14.1. The van der Waals surface area contributed by atoms with Crippen molar-refractivity contribution in [3.8, 4) is 0 Å². The average molecular weight is 336 g/mol. The van der Waals surface area contributed by atoms with Gasteiger partial charge in [0.2, 0.25) is 0 Å². The SMILES string of the molecule is Cc1ncn(CC2(CS)CC2)c(=O)c1I. The third kappa shape index (κ3) is 2.22. The molecule has 0 unspecified atom stereocenters. The molecule has 0 aliphatic heterocycles. The Morgan fingerprint density at radius 3 is 2.87 bits per heavy atom. The smallest absolute Gasteiger partial charge is 0.267 e. The number of rotatable bonds is 3. The van der Waals surface area contributed by atoms with Crippen LogP contribution < -0.4 is 5.56 Å². The first-order valence-corrected chi connectivity index (χ1v) is 6.61. The van der Waals surface area contributed by atoms with Crippen molar-refractivity contribution in [1.29, 1.82) is 0 Å². The van der Waals surface area contributed by atoms with Crippen LogP contribution >= 0.6 is 35.2 Å². The Morgan fingerprint density at radius 2 is 2.33 bits per heavy atom. The second kappa shape index (κ2) is 4.08. The van der Waals surface area contributed by atoms with Crippen molar-refractivity contribution in [3.05, 3.63) is 25.9 Å². The van der Waals surface area contributed by atoms with Crippen LogP contribution in [-0.4, -0.2) is 15.3 Å². The molecule has 3 nitrogen and oxygen atoms in total. The van der Waals surface area contributed by atoms with Crippen molar-refractivity contribution in [3.63, 3.8) is 0 Å². The normalized spacial score (nSPS) is 17.8. The maximum Gasteiger partial charge on any atom is 0.267 e. The van der Waals surface area contributed by atoms with Crippen molar-refractivity contribution in [2.24, 2.45) is 5.41 Å². The molecule has 1 aliphatic rings. The fourth-order valence-electron chi connectivity index (χ4n) is 1.56. The van der Waals surface area contributed by atoms with E-state index in [1.54, 1.807) is 10.9 Å². The summed E-state index contributed by atoms with van der Waals surface area (Å²) in [4.78, 5) is 16.1. The Labute approximate surface area is 108 Å². The van der Waals surface area contributed by atoms with Gasteiger partial charge >= 0.3 is 0 Å². The van der Waals surface area contributed by atoms with Crippen molar-refractivity contribution in [1.82, 2.24) is 9.55 Å². The summed E-state index contributed by atoms with van der Waals surface area (Å²) in [5, 5.41) is 0. The zero-order valence-electron chi connectivity index (χ0n) is 8.53. The van der Waals surface area contributed by atoms with E-state index in [-0.39, 0.29) is 11.0 Å². The minimum Gasteiger partial charge on any atom is -0.298 e. The molecule has 0 saturated heterocycles. The van der Waals surface area contributed by atoms with Gasteiger partial charge in [0.1, 0.15) is 0 Å². The lowest BCUT2D eigenvalue weighted by Crippen LogP contribution is -2.28. The van der Waals surface area contributed by atoms with Gasteiger partial charge in [-0.25, -0.2) is 4.98 Å². The van der Waals surface area contributed by atoms with Crippen LogP contribution in [0.4, 0.5) is 0 Å².